The summed E-state index contributed by atoms with van der Waals surface area (Å²) in [5.74, 6) is 2.63. The molecule has 1 aliphatic heterocycles. The Morgan fingerprint density at radius 1 is 1.24 bits per heavy atom. The number of nitrogens with zero attached hydrogens (tertiary/aromatic N) is 3. The van der Waals surface area contributed by atoms with Gasteiger partial charge in [0.2, 0.25) is 0 Å². The average molecular weight is 234 g/mol. The van der Waals surface area contributed by atoms with Crippen LogP contribution in [0.25, 0.3) is 0 Å². The molecule has 0 atom stereocenters. The zero-order valence-corrected chi connectivity index (χ0v) is 10.8. The van der Waals surface area contributed by atoms with Gasteiger partial charge < -0.3 is 10.2 Å². The van der Waals surface area contributed by atoms with E-state index in [2.05, 4.69) is 40.1 Å². The van der Waals surface area contributed by atoms with Crippen molar-refractivity contribution in [3.05, 3.63) is 12.4 Å². The van der Waals surface area contributed by atoms with E-state index >= 15 is 0 Å². The topological polar surface area (TPSA) is 41.0 Å². The molecule has 0 unspecified atom stereocenters. The van der Waals surface area contributed by atoms with Crippen LogP contribution >= 0.6 is 0 Å². The third-order valence-corrected chi connectivity index (χ3v) is 3.02. The van der Waals surface area contributed by atoms with Crippen LogP contribution in [0.4, 0.5) is 11.6 Å². The first-order valence-corrected chi connectivity index (χ1v) is 6.56. The van der Waals surface area contributed by atoms with Gasteiger partial charge in [-0.1, -0.05) is 13.8 Å². The molecule has 94 valence electrons. The molecule has 1 aromatic heterocycles. The van der Waals surface area contributed by atoms with E-state index in [1.54, 1.807) is 6.33 Å². The highest BCUT2D eigenvalue weighted by Crippen LogP contribution is 2.19. The summed E-state index contributed by atoms with van der Waals surface area (Å²) in [6.45, 7) is 7.59. The summed E-state index contributed by atoms with van der Waals surface area (Å²) in [5, 5.41) is 3.35. The molecule has 17 heavy (non-hydrogen) atoms. The quantitative estimate of drug-likeness (QED) is 0.869. The molecule has 0 radical (unpaired) electrons. The molecule has 1 aromatic rings. The van der Waals surface area contributed by atoms with Crippen LogP contribution < -0.4 is 10.2 Å². The van der Waals surface area contributed by atoms with E-state index in [9.17, 15) is 0 Å². The fourth-order valence-corrected chi connectivity index (χ4v) is 2.05. The fraction of sp³-hybridized carbons (Fsp3) is 0.692. The Labute approximate surface area is 103 Å². The zero-order chi connectivity index (χ0) is 12.1. The minimum absolute atomic E-state index is 0.628. The van der Waals surface area contributed by atoms with E-state index < -0.39 is 0 Å². The minimum Gasteiger partial charge on any atom is -0.370 e. The number of hydrogen-bond donors (Lipinski definition) is 1. The maximum absolute atomic E-state index is 4.36. The van der Waals surface area contributed by atoms with E-state index in [0.29, 0.717) is 5.92 Å². The second-order valence-corrected chi connectivity index (χ2v) is 5.08. The molecule has 0 bridgehead atoms. The summed E-state index contributed by atoms with van der Waals surface area (Å²) < 4.78 is 0. The van der Waals surface area contributed by atoms with Crippen molar-refractivity contribution in [1.82, 2.24) is 9.97 Å². The van der Waals surface area contributed by atoms with Gasteiger partial charge in [-0.25, -0.2) is 9.97 Å². The van der Waals surface area contributed by atoms with Crippen LogP contribution in [0.3, 0.4) is 0 Å². The van der Waals surface area contributed by atoms with Gasteiger partial charge in [-0.05, 0) is 25.2 Å². The molecule has 4 nitrogen and oxygen atoms in total. The highest BCUT2D eigenvalue weighted by molar-refractivity contribution is 5.48. The van der Waals surface area contributed by atoms with Crippen LogP contribution in [0.2, 0.25) is 0 Å². The zero-order valence-electron chi connectivity index (χ0n) is 10.8. The van der Waals surface area contributed by atoms with Crippen LogP contribution in [0.15, 0.2) is 12.4 Å². The lowest BCUT2D eigenvalue weighted by atomic mass is 10.1. The van der Waals surface area contributed by atoms with E-state index in [1.807, 2.05) is 0 Å². The van der Waals surface area contributed by atoms with Crippen molar-refractivity contribution >= 4 is 11.6 Å². The van der Waals surface area contributed by atoms with Crippen molar-refractivity contribution < 1.29 is 0 Å². The molecule has 1 aliphatic rings. The second kappa shape index (κ2) is 5.84. The van der Waals surface area contributed by atoms with Crippen molar-refractivity contribution in [2.45, 2.75) is 33.1 Å². The molecule has 0 aromatic carbocycles. The van der Waals surface area contributed by atoms with E-state index in [1.165, 1.54) is 19.3 Å². The SMILES string of the molecule is CC(C)CNc1cc(N2CCCCC2)ncn1. The van der Waals surface area contributed by atoms with Gasteiger partial charge >= 0.3 is 0 Å². The molecule has 2 rings (SSSR count). The normalized spacial score (nSPS) is 16.3. The lowest BCUT2D eigenvalue weighted by Gasteiger charge is -2.27. The molecular formula is C13H22N4. The van der Waals surface area contributed by atoms with Gasteiger partial charge in [0, 0.05) is 25.7 Å². The smallest absolute Gasteiger partial charge is 0.134 e. The Bertz CT molecular complexity index is 345. The summed E-state index contributed by atoms with van der Waals surface area (Å²) in [6.07, 6.45) is 5.56. The first kappa shape index (κ1) is 12.1. The molecule has 2 heterocycles. The van der Waals surface area contributed by atoms with Gasteiger partial charge in [0.1, 0.15) is 18.0 Å². The summed E-state index contributed by atoms with van der Waals surface area (Å²) in [6, 6.07) is 2.06. The summed E-state index contributed by atoms with van der Waals surface area (Å²) in [5.41, 5.74) is 0. The van der Waals surface area contributed by atoms with Gasteiger partial charge in [-0.2, -0.15) is 0 Å². The molecule has 0 saturated carbocycles. The van der Waals surface area contributed by atoms with Crippen LogP contribution in [-0.4, -0.2) is 29.6 Å². The number of rotatable bonds is 4. The van der Waals surface area contributed by atoms with Gasteiger partial charge in [0.15, 0.2) is 0 Å². The van der Waals surface area contributed by atoms with Crippen LogP contribution in [-0.2, 0) is 0 Å². The Morgan fingerprint density at radius 3 is 2.71 bits per heavy atom. The Hall–Kier alpha value is -1.32. The standard InChI is InChI=1S/C13H22N4/c1-11(2)9-14-12-8-13(16-10-15-12)17-6-4-3-5-7-17/h8,10-11H,3-7,9H2,1-2H3,(H,14,15,16). The highest BCUT2D eigenvalue weighted by atomic mass is 15.2. The number of aromatic nitrogens is 2. The fourth-order valence-electron chi connectivity index (χ4n) is 2.05. The van der Waals surface area contributed by atoms with Crippen molar-refractivity contribution in [2.75, 3.05) is 29.9 Å². The monoisotopic (exact) mass is 234 g/mol. The van der Waals surface area contributed by atoms with Crippen molar-refractivity contribution in [3.8, 4) is 0 Å². The lowest BCUT2D eigenvalue weighted by molar-refractivity contribution is 0.573. The van der Waals surface area contributed by atoms with Crippen LogP contribution in [0.1, 0.15) is 33.1 Å². The van der Waals surface area contributed by atoms with Gasteiger partial charge in [0.25, 0.3) is 0 Å². The maximum atomic E-state index is 4.36. The van der Waals surface area contributed by atoms with Crippen LogP contribution in [0, 0.1) is 5.92 Å². The van der Waals surface area contributed by atoms with Crippen molar-refractivity contribution in [1.29, 1.82) is 0 Å². The third-order valence-electron chi connectivity index (χ3n) is 3.02. The predicted molar refractivity (Wildman–Crippen MR) is 71.4 cm³/mol. The number of piperidine rings is 1. The van der Waals surface area contributed by atoms with Crippen LogP contribution in [0.5, 0.6) is 0 Å². The molecule has 1 fully saturated rings. The highest BCUT2D eigenvalue weighted by Gasteiger charge is 2.12. The van der Waals surface area contributed by atoms with Gasteiger partial charge in [0.05, 0.1) is 0 Å². The Balaban J connectivity index is 2.00. The van der Waals surface area contributed by atoms with E-state index in [4.69, 9.17) is 0 Å². The number of hydrogen-bond acceptors (Lipinski definition) is 4. The van der Waals surface area contributed by atoms with E-state index in [0.717, 1.165) is 31.3 Å². The summed E-state index contributed by atoms with van der Waals surface area (Å²) >= 11 is 0. The Morgan fingerprint density at radius 2 is 2.00 bits per heavy atom. The summed E-state index contributed by atoms with van der Waals surface area (Å²) in [4.78, 5) is 11.0. The molecule has 0 aliphatic carbocycles. The molecule has 0 amide bonds. The average Bonchev–Trinajstić information content (AvgIpc) is 2.38. The van der Waals surface area contributed by atoms with Crippen molar-refractivity contribution in [2.24, 2.45) is 5.92 Å². The largest absolute Gasteiger partial charge is 0.370 e. The number of anilines is 2. The minimum atomic E-state index is 0.628. The van der Waals surface area contributed by atoms with Gasteiger partial charge in [-0.15, -0.1) is 0 Å². The summed E-state index contributed by atoms with van der Waals surface area (Å²) in [7, 11) is 0. The van der Waals surface area contributed by atoms with E-state index in [-0.39, 0.29) is 0 Å². The maximum Gasteiger partial charge on any atom is 0.134 e. The molecular weight excluding hydrogens is 212 g/mol. The van der Waals surface area contributed by atoms with Gasteiger partial charge in [-0.3, -0.25) is 0 Å². The molecule has 1 N–H and O–H groups in total. The van der Waals surface area contributed by atoms with Crippen molar-refractivity contribution in [3.63, 3.8) is 0 Å². The molecule has 4 heteroatoms. The second-order valence-electron chi connectivity index (χ2n) is 5.08. The number of nitrogens with one attached hydrogen (secondary N) is 1. The lowest BCUT2D eigenvalue weighted by Crippen LogP contribution is -2.30. The molecule has 0 spiro atoms. The Kier molecular flexibility index (Phi) is 4.18. The third kappa shape index (κ3) is 3.58. The predicted octanol–water partition coefficient (Wildman–Crippen LogP) is 2.53. The first-order chi connectivity index (χ1) is 8.25. The molecule has 1 saturated heterocycles. The first-order valence-electron chi connectivity index (χ1n) is 6.56.